The first-order chi connectivity index (χ1) is 9.49. The minimum atomic E-state index is -0.647. The van der Waals surface area contributed by atoms with Gasteiger partial charge < -0.3 is 10.5 Å². The Bertz CT molecular complexity index is 666. The Balaban J connectivity index is 2.27. The maximum atomic E-state index is 13.1. The number of ether oxygens (including phenoxy) is 1. The predicted octanol–water partition coefficient (Wildman–Crippen LogP) is 2.11. The molecule has 0 bridgehead atoms. The first-order valence-electron chi connectivity index (χ1n) is 5.44. The van der Waals surface area contributed by atoms with E-state index in [1.165, 1.54) is 19.2 Å². The van der Waals surface area contributed by atoms with Gasteiger partial charge in [-0.3, -0.25) is 10.1 Å². The molecule has 6 nitrogen and oxygen atoms in total. The van der Waals surface area contributed by atoms with Crippen LogP contribution in [0.1, 0.15) is 10.4 Å². The van der Waals surface area contributed by atoms with Crippen molar-refractivity contribution >= 4 is 29.1 Å². The summed E-state index contributed by atoms with van der Waals surface area (Å²) in [6, 6.07) is 4.86. The van der Waals surface area contributed by atoms with E-state index in [2.05, 4.69) is 15.3 Å². The third-order valence-electron chi connectivity index (χ3n) is 2.37. The largest absolute Gasteiger partial charge is 0.481 e. The van der Waals surface area contributed by atoms with Crippen LogP contribution >= 0.6 is 11.6 Å². The summed E-state index contributed by atoms with van der Waals surface area (Å²) in [7, 11) is 1.40. The number of benzene rings is 1. The zero-order chi connectivity index (χ0) is 14.7. The van der Waals surface area contributed by atoms with E-state index in [1.807, 2.05) is 0 Å². The van der Waals surface area contributed by atoms with Gasteiger partial charge in [0.25, 0.3) is 5.91 Å². The van der Waals surface area contributed by atoms with Crippen LogP contribution in [0.4, 0.5) is 16.0 Å². The van der Waals surface area contributed by atoms with Gasteiger partial charge in [-0.05, 0) is 18.2 Å². The second kappa shape index (κ2) is 5.70. The van der Waals surface area contributed by atoms with Gasteiger partial charge in [-0.2, -0.15) is 4.98 Å². The monoisotopic (exact) mass is 296 g/mol. The fourth-order valence-corrected chi connectivity index (χ4v) is 1.62. The van der Waals surface area contributed by atoms with Gasteiger partial charge in [0.05, 0.1) is 12.7 Å². The maximum Gasteiger partial charge on any atom is 0.260 e. The molecular formula is C12H10ClFN4O2. The van der Waals surface area contributed by atoms with Gasteiger partial charge in [0.1, 0.15) is 11.0 Å². The number of carbonyl (C=O) groups excluding carboxylic acids is 1. The molecule has 8 heteroatoms. The molecule has 1 aromatic heterocycles. The second-order valence-electron chi connectivity index (χ2n) is 3.74. The molecule has 0 spiro atoms. The molecule has 1 amide bonds. The molecule has 0 saturated carbocycles. The topological polar surface area (TPSA) is 90.1 Å². The lowest BCUT2D eigenvalue weighted by atomic mass is 10.1. The third-order valence-corrected chi connectivity index (χ3v) is 2.56. The van der Waals surface area contributed by atoms with E-state index in [-0.39, 0.29) is 28.2 Å². The quantitative estimate of drug-likeness (QED) is 0.669. The van der Waals surface area contributed by atoms with Crippen molar-refractivity contribution in [3.05, 3.63) is 40.8 Å². The normalized spacial score (nSPS) is 10.2. The van der Waals surface area contributed by atoms with Crippen LogP contribution in [0.25, 0.3) is 0 Å². The van der Waals surface area contributed by atoms with Crippen LogP contribution < -0.4 is 15.8 Å². The van der Waals surface area contributed by atoms with Gasteiger partial charge in [-0.1, -0.05) is 11.6 Å². The summed E-state index contributed by atoms with van der Waals surface area (Å²) in [6.07, 6.45) is 0. The number of amides is 1. The van der Waals surface area contributed by atoms with Crippen molar-refractivity contribution in [3.8, 4) is 5.88 Å². The summed E-state index contributed by atoms with van der Waals surface area (Å²) in [6.45, 7) is 0. The summed E-state index contributed by atoms with van der Waals surface area (Å²) in [4.78, 5) is 19.7. The van der Waals surface area contributed by atoms with Crippen LogP contribution in [0.2, 0.25) is 5.15 Å². The summed E-state index contributed by atoms with van der Waals surface area (Å²) < 4.78 is 18.0. The van der Waals surface area contributed by atoms with Crippen LogP contribution in [0.15, 0.2) is 24.3 Å². The number of hydrogen-bond acceptors (Lipinski definition) is 5. The van der Waals surface area contributed by atoms with Crippen molar-refractivity contribution in [2.75, 3.05) is 18.2 Å². The zero-order valence-corrected chi connectivity index (χ0v) is 11.1. The zero-order valence-electron chi connectivity index (χ0n) is 10.4. The molecule has 0 aliphatic heterocycles. The number of nitrogens with one attached hydrogen (secondary N) is 1. The molecule has 0 aliphatic rings. The minimum Gasteiger partial charge on any atom is -0.481 e. The number of methoxy groups -OCH3 is 1. The van der Waals surface area contributed by atoms with E-state index in [1.54, 1.807) is 0 Å². The molecule has 1 heterocycles. The lowest BCUT2D eigenvalue weighted by molar-refractivity contribution is 0.102. The van der Waals surface area contributed by atoms with Crippen molar-refractivity contribution in [1.82, 2.24) is 9.97 Å². The van der Waals surface area contributed by atoms with Crippen LogP contribution in [-0.2, 0) is 0 Å². The van der Waals surface area contributed by atoms with Crippen molar-refractivity contribution in [2.24, 2.45) is 0 Å². The highest BCUT2D eigenvalue weighted by Crippen LogP contribution is 2.18. The Hall–Kier alpha value is -2.41. The molecule has 20 heavy (non-hydrogen) atoms. The van der Waals surface area contributed by atoms with Gasteiger partial charge in [0, 0.05) is 11.8 Å². The van der Waals surface area contributed by atoms with Gasteiger partial charge >= 0.3 is 0 Å². The summed E-state index contributed by atoms with van der Waals surface area (Å²) >= 11 is 5.75. The molecule has 0 unspecified atom stereocenters. The SMILES string of the molecule is COc1cc(Cl)nc(NC(=O)c2cc(F)ccc2N)n1. The summed E-state index contributed by atoms with van der Waals surface area (Å²) in [5.41, 5.74) is 5.73. The van der Waals surface area contributed by atoms with Gasteiger partial charge in [0.2, 0.25) is 11.8 Å². The standard InChI is InChI=1S/C12H10ClFN4O2/c1-20-10-5-9(13)16-12(17-10)18-11(19)7-4-6(14)2-3-8(7)15/h2-5H,15H2,1H3,(H,16,17,18,19). The number of rotatable bonds is 3. The van der Waals surface area contributed by atoms with Gasteiger partial charge in [-0.15, -0.1) is 0 Å². The fourth-order valence-electron chi connectivity index (χ4n) is 1.45. The van der Waals surface area contributed by atoms with Crippen LogP contribution in [-0.4, -0.2) is 23.0 Å². The number of nitrogens with zero attached hydrogens (tertiary/aromatic N) is 2. The number of nitrogens with two attached hydrogens (primary N) is 1. The van der Waals surface area contributed by atoms with Crippen LogP contribution in [0.5, 0.6) is 5.88 Å². The molecule has 0 saturated heterocycles. The first-order valence-corrected chi connectivity index (χ1v) is 5.82. The molecule has 1 aromatic carbocycles. The Morgan fingerprint density at radius 1 is 1.40 bits per heavy atom. The van der Waals surface area contributed by atoms with Crippen molar-refractivity contribution < 1.29 is 13.9 Å². The Morgan fingerprint density at radius 2 is 2.15 bits per heavy atom. The number of aromatic nitrogens is 2. The average Bonchev–Trinajstić information content (AvgIpc) is 2.40. The van der Waals surface area contributed by atoms with E-state index in [0.717, 1.165) is 12.1 Å². The summed E-state index contributed by atoms with van der Waals surface area (Å²) in [5.74, 6) is -1.10. The predicted molar refractivity (Wildman–Crippen MR) is 72.4 cm³/mol. The Kier molecular flexibility index (Phi) is 3.99. The molecule has 104 valence electrons. The smallest absolute Gasteiger partial charge is 0.260 e. The molecule has 3 N–H and O–H groups in total. The van der Waals surface area contributed by atoms with Crippen molar-refractivity contribution in [3.63, 3.8) is 0 Å². The van der Waals surface area contributed by atoms with Gasteiger partial charge in [-0.25, -0.2) is 9.37 Å². The van der Waals surface area contributed by atoms with E-state index in [0.29, 0.717) is 0 Å². The Morgan fingerprint density at radius 3 is 2.85 bits per heavy atom. The van der Waals surface area contributed by atoms with Crippen LogP contribution in [0, 0.1) is 5.82 Å². The molecule has 2 rings (SSSR count). The highest BCUT2D eigenvalue weighted by molar-refractivity contribution is 6.29. The lowest BCUT2D eigenvalue weighted by Crippen LogP contribution is -2.16. The van der Waals surface area contributed by atoms with Crippen LogP contribution in [0.3, 0.4) is 0 Å². The molecule has 0 radical (unpaired) electrons. The fraction of sp³-hybridized carbons (Fsp3) is 0.0833. The molecule has 0 fully saturated rings. The third kappa shape index (κ3) is 3.12. The van der Waals surface area contributed by atoms with E-state index < -0.39 is 11.7 Å². The Labute approximate surface area is 118 Å². The number of halogens is 2. The molecule has 0 atom stereocenters. The maximum absolute atomic E-state index is 13.1. The van der Waals surface area contributed by atoms with Gasteiger partial charge in [0.15, 0.2) is 0 Å². The molecular weight excluding hydrogens is 287 g/mol. The van der Waals surface area contributed by atoms with E-state index in [9.17, 15) is 9.18 Å². The minimum absolute atomic E-state index is 0.0208. The number of anilines is 2. The molecule has 2 aromatic rings. The van der Waals surface area contributed by atoms with Crippen molar-refractivity contribution in [2.45, 2.75) is 0 Å². The first kappa shape index (κ1) is 14.0. The van der Waals surface area contributed by atoms with E-state index in [4.69, 9.17) is 22.1 Å². The highest BCUT2D eigenvalue weighted by Gasteiger charge is 2.13. The number of carbonyl (C=O) groups is 1. The molecule has 0 aliphatic carbocycles. The van der Waals surface area contributed by atoms with E-state index >= 15 is 0 Å². The number of hydrogen-bond donors (Lipinski definition) is 2. The highest BCUT2D eigenvalue weighted by atomic mass is 35.5. The number of nitrogen functional groups attached to an aromatic ring is 1. The average molecular weight is 297 g/mol. The van der Waals surface area contributed by atoms with Crippen molar-refractivity contribution in [1.29, 1.82) is 0 Å². The second-order valence-corrected chi connectivity index (χ2v) is 4.13. The lowest BCUT2D eigenvalue weighted by Gasteiger charge is -2.07. The summed E-state index contributed by atoms with van der Waals surface area (Å²) in [5, 5.41) is 2.47.